The molecule has 0 aliphatic carbocycles. The number of carbonyl (C=O) groups excluding carboxylic acids is 1. The molecule has 0 saturated heterocycles. The van der Waals surface area contributed by atoms with E-state index in [1.165, 1.54) is 14.2 Å². The highest BCUT2D eigenvalue weighted by Crippen LogP contribution is 2.26. The summed E-state index contributed by atoms with van der Waals surface area (Å²) in [6.07, 6.45) is 0. The number of nitrogens with one attached hydrogen (secondary N) is 1. The summed E-state index contributed by atoms with van der Waals surface area (Å²) in [6.45, 7) is 0.754. The molecule has 1 aliphatic rings. The van der Waals surface area contributed by atoms with E-state index in [-0.39, 0.29) is 12.8 Å². The van der Waals surface area contributed by atoms with Gasteiger partial charge in [-0.2, -0.15) is 0 Å². The van der Waals surface area contributed by atoms with Gasteiger partial charge in [0.25, 0.3) is 0 Å². The number of urea groups is 1. The van der Waals surface area contributed by atoms with E-state index in [0.29, 0.717) is 12.3 Å². The molecule has 0 saturated carbocycles. The predicted molar refractivity (Wildman–Crippen MR) is 60.5 cm³/mol. The minimum atomic E-state index is -0.343. The number of hydroxylamine groups is 2. The highest BCUT2D eigenvalue weighted by atomic mass is 16.7. The van der Waals surface area contributed by atoms with E-state index in [1.807, 2.05) is 6.07 Å². The zero-order chi connectivity index (χ0) is 12.3. The standard InChI is InChI=1S/C11H14N2O4/c1-13(15-2)11(14)12-9-3-4-10-8(5-9)6-16-7-17-10/h3-5H,6-7H2,1-2H3,(H,12,14). The van der Waals surface area contributed by atoms with E-state index < -0.39 is 0 Å². The minimum Gasteiger partial charge on any atom is -0.467 e. The van der Waals surface area contributed by atoms with Gasteiger partial charge in [0.05, 0.1) is 13.7 Å². The number of hydrogen-bond acceptors (Lipinski definition) is 4. The smallest absolute Gasteiger partial charge is 0.345 e. The molecule has 6 nitrogen and oxygen atoms in total. The summed E-state index contributed by atoms with van der Waals surface area (Å²) >= 11 is 0. The molecule has 0 atom stereocenters. The summed E-state index contributed by atoms with van der Waals surface area (Å²) < 4.78 is 10.4. The Labute approximate surface area is 99.0 Å². The van der Waals surface area contributed by atoms with Gasteiger partial charge in [0, 0.05) is 18.3 Å². The lowest BCUT2D eigenvalue weighted by Gasteiger charge is -2.19. The van der Waals surface area contributed by atoms with Crippen LogP contribution in [0.5, 0.6) is 5.75 Å². The van der Waals surface area contributed by atoms with Crippen LogP contribution < -0.4 is 10.1 Å². The summed E-state index contributed by atoms with van der Waals surface area (Å²) in [4.78, 5) is 16.3. The van der Waals surface area contributed by atoms with Gasteiger partial charge < -0.3 is 14.8 Å². The van der Waals surface area contributed by atoms with Gasteiger partial charge in [0.1, 0.15) is 5.75 Å². The molecular formula is C11H14N2O4. The number of anilines is 1. The van der Waals surface area contributed by atoms with Gasteiger partial charge in [0.15, 0.2) is 6.79 Å². The van der Waals surface area contributed by atoms with Gasteiger partial charge in [-0.1, -0.05) is 0 Å². The summed E-state index contributed by atoms with van der Waals surface area (Å²) in [5, 5.41) is 3.80. The number of nitrogens with zero attached hydrogens (tertiary/aromatic N) is 1. The molecule has 2 rings (SSSR count). The maximum Gasteiger partial charge on any atom is 0.345 e. The number of carbonyl (C=O) groups is 1. The fourth-order valence-electron chi connectivity index (χ4n) is 1.45. The van der Waals surface area contributed by atoms with Crippen molar-refractivity contribution >= 4 is 11.7 Å². The Morgan fingerprint density at radius 3 is 3.12 bits per heavy atom. The molecular weight excluding hydrogens is 224 g/mol. The maximum absolute atomic E-state index is 11.5. The number of hydrogen-bond donors (Lipinski definition) is 1. The van der Waals surface area contributed by atoms with Crippen LogP contribution in [-0.4, -0.2) is 32.0 Å². The van der Waals surface area contributed by atoms with Crippen molar-refractivity contribution in [3.8, 4) is 5.75 Å². The van der Waals surface area contributed by atoms with Crippen molar-refractivity contribution in [3.05, 3.63) is 23.8 Å². The summed E-state index contributed by atoms with van der Waals surface area (Å²) in [7, 11) is 2.95. The van der Waals surface area contributed by atoms with Crippen LogP contribution in [0.2, 0.25) is 0 Å². The molecule has 0 spiro atoms. The maximum atomic E-state index is 11.5. The van der Waals surface area contributed by atoms with Crippen LogP contribution >= 0.6 is 0 Å². The molecule has 0 radical (unpaired) electrons. The van der Waals surface area contributed by atoms with Crippen LogP contribution in [0.1, 0.15) is 5.56 Å². The second-order valence-corrected chi connectivity index (χ2v) is 3.54. The highest BCUT2D eigenvalue weighted by molar-refractivity contribution is 5.88. The highest BCUT2D eigenvalue weighted by Gasteiger charge is 2.13. The lowest BCUT2D eigenvalue weighted by molar-refractivity contribution is -0.0598. The summed E-state index contributed by atoms with van der Waals surface area (Å²) in [6, 6.07) is 5.05. The molecule has 1 N–H and O–H groups in total. The van der Waals surface area contributed by atoms with Crippen molar-refractivity contribution in [2.45, 2.75) is 6.61 Å². The van der Waals surface area contributed by atoms with Crippen LogP contribution in [0, 0.1) is 0 Å². The van der Waals surface area contributed by atoms with Crippen molar-refractivity contribution in [3.63, 3.8) is 0 Å². The first-order valence-corrected chi connectivity index (χ1v) is 5.13. The van der Waals surface area contributed by atoms with E-state index in [4.69, 9.17) is 14.3 Å². The van der Waals surface area contributed by atoms with Gasteiger partial charge in [-0.25, -0.2) is 9.86 Å². The normalized spacial score (nSPS) is 13.5. The van der Waals surface area contributed by atoms with Crippen molar-refractivity contribution in [2.24, 2.45) is 0 Å². The number of rotatable bonds is 2. The zero-order valence-electron chi connectivity index (χ0n) is 9.73. The molecule has 1 aromatic carbocycles. The number of ether oxygens (including phenoxy) is 2. The van der Waals surface area contributed by atoms with E-state index >= 15 is 0 Å². The van der Waals surface area contributed by atoms with Gasteiger partial charge in [0.2, 0.25) is 0 Å². The van der Waals surface area contributed by atoms with Gasteiger partial charge >= 0.3 is 6.03 Å². The second-order valence-electron chi connectivity index (χ2n) is 3.54. The molecule has 0 unspecified atom stereocenters. The first-order valence-electron chi connectivity index (χ1n) is 5.13. The fourth-order valence-corrected chi connectivity index (χ4v) is 1.45. The Hall–Kier alpha value is -1.79. The van der Waals surface area contributed by atoms with Gasteiger partial charge in [-0.3, -0.25) is 4.84 Å². The Bertz CT molecular complexity index is 422. The van der Waals surface area contributed by atoms with Crippen molar-refractivity contribution < 1.29 is 19.1 Å². The van der Waals surface area contributed by atoms with Crippen molar-refractivity contribution in [1.29, 1.82) is 0 Å². The van der Waals surface area contributed by atoms with Crippen molar-refractivity contribution in [1.82, 2.24) is 5.06 Å². The first kappa shape index (κ1) is 11.7. The van der Waals surface area contributed by atoms with Crippen molar-refractivity contribution in [2.75, 3.05) is 26.3 Å². The third-order valence-corrected chi connectivity index (χ3v) is 2.43. The second kappa shape index (κ2) is 5.03. The average Bonchev–Trinajstić information content (AvgIpc) is 2.37. The third-order valence-electron chi connectivity index (χ3n) is 2.43. The van der Waals surface area contributed by atoms with Crippen LogP contribution in [0.15, 0.2) is 18.2 Å². The fraction of sp³-hybridized carbons (Fsp3) is 0.364. The average molecular weight is 238 g/mol. The summed E-state index contributed by atoms with van der Waals surface area (Å²) in [5.74, 6) is 0.786. The molecule has 1 heterocycles. The number of fused-ring (bicyclic) bond motifs is 1. The lowest BCUT2D eigenvalue weighted by Crippen LogP contribution is -2.30. The Balaban J connectivity index is 2.09. The van der Waals surface area contributed by atoms with E-state index in [1.54, 1.807) is 12.1 Å². The SMILES string of the molecule is CON(C)C(=O)Nc1ccc2c(c1)COCO2. The topological polar surface area (TPSA) is 60.0 Å². The molecule has 0 bridgehead atoms. The van der Waals surface area contributed by atoms with Crippen LogP contribution in [-0.2, 0) is 16.2 Å². The van der Waals surface area contributed by atoms with E-state index in [9.17, 15) is 4.79 Å². The molecule has 0 fully saturated rings. The molecule has 6 heteroatoms. The van der Waals surface area contributed by atoms with E-state index in [2.05, 4.69) is 5.32 Å². The minimum absolute atomic E-state index is 0.269. The van der Waals surface area contributed by atoms with E-state index in [0.717, 1.165) is 16.4 Å². The molecule has 92 valence electrons. The summed E-state index contributed by atoms with van der Waals surface area (Å²) in [5.41, 5.74) is 1.58. The molecule has 1 aliphatic heterocycles. The number of amides is 2. The monoisotopic (exact) mass is 238 g/mol. The molecule has 17 heavy (non-hydrogen) atoms. The molecule has 2 amide bonds. The quantitative estimate of drug-likeness (QED) is 0.795. The predicted octanol–water partition coefficient (Wildman–Crippen LogP) is 1.58. The first-order chi connectivity index (χ1) is 8.20. The Morgan fingerprint density at radius 2 is 2.35 bits per heavy atom. The van der Waals surface area contributed by atoms with Crippen LogP contribution in [0.25, 0.3) is 0 Å². The largest absolute Gasteiger partial charge is 0.467 e. The molecule has 1 aromatic rings. The van der Waals surface area contributed by atoms with Crippen LogP contribution in [0.4, 0.5) is 10.5 Å². The van der Waals surface area contributed by atoms with Crippen LogP contribution in [0.3, 0.4) is 0 Å². The van der Waals surface area contributed by atoms with Gasteiger partial charge in [-0.05, 0) is 18.2 Å². The lowest BCUT2D eigenvalue weighted by atomic mass is 10.2. The Kier molecular flexibility index (Phi) is 3.46. The molecule has 0 aromatic heterocycles. The Morgan fingerprint density at radius 1 is 1.53 bits per heavy atom. The zero-order valence-corrected chi connectivity index (χ0v) is 9.73. The third kappa shape index (κ3) is 2.66. The van der Waals surface area contributed by atoms with Gasteiger partial charge in [-0.15, -0.1) is 0 Å². The number of benzene rings is 1.